The molecule has 0 aliphatic carbocycles. The number of nitrogens with zero attached hydrogens (tertiary/aromatic N) is 2. The second kappa shape index (κ2) is 7.06. The molecule has 0 atom stereocenters. The molecule has 1 heterocycles. The van der Waals surface area contributed by atoms with Gasteiger partial charge < -0.3 is 10.2 Å². The van der Waals surface area contributed by atoms with Crippen LogP contribution >= 0.6 is 0 Å². The fraction of sp³-hybridized carbons (Fsp3) is 0.533. The Morgan fingerprint density at radius 1 is 1.33 bits per heavy atom. The standard InChI is InChI=1S/C15H21N3O3/c1-12-5-6-14(18(20)21)13(11-12)16-8-7-15(19)17-9-3-2-4-10-17/h5-6,11,16H,2-4,7-10H2,1H3. The summed E-state index contributed by atoms with van der Waals surface area (Å²) < 4.78 is 0. The number of hydrogen-bond acceptors (Lipinski definition) is 4. The Hall–Kier alpha value is -2.11. The van der Waals surface area contributed by atoms with E-state index in [4.69, 9.17) is 0 Å². The summed E-state index contributed by atoms with van der Waals surface area (Å²) in [5.74, 6) is 0.123. The molecule has 1 aromatic carbocycles. The first-order chi connectivity index (χ1) is 10.1. The summed E-state index contributed by atoms with van der Waals surface area (Å²) in [5.41, 5.74) is 1.47. The molecule has 0 radical (unpaired) electrons. The average Bonchev–Trinajstić information content (AvgIpc) is 2.48. The highest BCUT2D eigenvalue weighted by atomic mass is 16.6. The second-order valence-corrected chi connectivity index (χ2v) is 5.40. The maximum atomic E-state index is 12.0. The minimum absolute atomic E-state index is 0.0472. The highest BCUT2D eigenvalue weighted by Gasteiger charge is 2.17. The van der Waals surface area contributed by atoms with Crippen molar-refractivity contribution >= 4 is 17.3 Å². The first-order valence-corrected chi connectivity index (χ1v) is 7.34. The molecule has 21 heavy (non-hydrogen) atoms. The summed E-state index contributed by atoms with van der Waals surface area (Å²) in [6.45, 7) is 3.97. The molecule has 6 heteroatoms. The second-order valence-electron chi connectivity index (χ2n) is 5.40. The summed E-state index contributed by atoms with van der Waals surface area (Å²) in [4.78, 5) is 24.5. The number of nitro groups is 1. The van der Waals surface area contributed by atoms with Gasteiger partial charge in [0.1, 0.15) is 5.69 Å². The van der Waals surface area contributed by atoms with Gasteiger partial charge in [0.2, 0.25) is 5.91 Å². The Balaban J connectivity index is 1.89. The normalized spacial score (nSPS) is 14.8. The lowest BCUT2D eigenvalue weighted by Gasteiger charge is -2.26. The van der Waals surface area contributed by atoms with Gasteiger partial charge in [0.25, 0.3) is 5.69 Å². The van der Waals surface area contributed by atoms with E-state index in [0.29, 0.717) is 18.7 Å². The van der Waals surface area contributed by atoms with E-state index in [-0.39, 0.29) is 11.6 Å². The molecule has 0 aromatic heterocycles. The number of likely N-dealkylation sites (tertiary alicyclic amines) is 1. The topological polar surface area (TPSA) is 75.5 Å². The molecule has 1 aliphatic rings. The molecule has 1 aromatic rings. The number of rotatable bonds is 5. The third-order valence-corrected chi connectivity index (χ3v) is 3.71. The summed E-state index contributed by atoms with van der Waals surface area (Å²) in [6.07, 6.45) is 3.70. The number of nitro benzene ring substituents is 1. The molecule has 1 aliphatic heterocycles. The zero-order valence-corrected chi connectivity index (χ0v) is 12.3. The minimum atomic E-state index is -0.409. The molecule has 6 nitrogen and oxygen atoms in total. The molecular weight excluding hydrogens is 270 g/mol. The van der Waals surface area contributed by atoms with Crippen LogP contribution in [0.15, 0.2) is 18.2 Å². The van der Waals surface area contributed by atoms with E-state index in [1.807, 2.05) is 11.8 Å². The molecule has 114 valence electrons. The molecular formula is C15H21N3O3. The van der Waals surface area contributed by atoms with Gasteiger partial charge in [-0.15, -0.1) is 0 Å². The number of carbonyl (C=O) groups excluding carboxylic acids is 1. The zero-order chi connectivity index (χ0) is 15.2. The monoisotopic (exact) mass is 291 g/mol. The number of anilines is 1. The van der Waals surface area contributed by atoms with Gasteiger partial charge in [-0.1, -0.05) is 6.07 Å². The molecule has 0 unspecified atom stereocenters. The molecule has 1 N–H and O–H groups in total. The van der Waals surface area contributed by atoms with Crippen LogP contribution in [0.2, 0.25) is 0 Å². The number of aryl methyl sites for hydroxylation is 1. The predicted octanol–water partition coefficient (Wildman–Crippen LogP) is 2.72. The van der Waals surface area contributed by atoms with Crippen LogP contribution in [0.25, 0.3) is 0 Å². The number of benzene rings is 1. The molecule has 1 fully saturated rings. The number of amides is 1. The number of carbonyl (C=O) groups is 1. The highest BCUT2D eigenvalue weighted by molar-refractivity contribution is 5.77. The fourth-order valence-electron chi connectivity index (χ4n) is 2.56. The Morgan fingerprint density at radius 2 is 2.05 bits per heavy atom. The molecule has 0 saturated carbocycles. The van der Waals surface area contributed by atoms with Crippen LogP contribution in [-0.4, -0.2) is 35.4 Å². The van der Waals surface area contributed by atoms with E-state index in [1.165, 1.54) is 12.5 Å². The quantitative estimate of drug-likeness (QED) is 0.668. The maximum absolute atomic E-state index is 12.0. The lowest BCUT2D eigenvalue weighted by Crippen LogP contribution is -2.36. The molecule has 1 saturated heterocycles. The van der Waals surface area contributed by atoms with Crippen LogP contribution in [-0.2, 0) is 4.79 Å². The van der Waals surface area contributed by atoms with E-state index in [2.05, 4.69) is 5.32 Å². The Bertz CT molecular complexity index is 525. The van der Waals surface area contributed by atoms with Crippen LogP contribution in [0.4, 0.5) is 11.4 Å². The van der Waals surface area contributed by atoms with Crippen molar-refractivity contribution in [3.63, 3.8) is 0 Å². The van der Waals surface area contributed by atoms with Crippen LogP contribution in [0.5, 0.6) is 0 Å². The van der Waals surface area contributed by atoms with Crippen molar-refractivity contribution in [2.45, 2.75) is 32.6 Å². The van der Waals surface area contributed by atoms with Crippen molar-refractivity contribution < 1.29 is 9.72 Å². The first-order valence-electron chi connectivity index (χ1n) is 7.34. The summed E-state index contributed by atoms with van der Waals surface area (Å²) in [7, 11) is 0. The van der Waals surface area contributed by atoms with Crippen molar-refractivity contribution in [1.29, 1.82) is 0 Å². The Labute approximate surface area is 124 Å². The van der Waals surface area contributed by atoms with E-state index in [9.17, 15) is 14.9 Å². The maximum Gasteiger partial charge on any atom is 0.292 e. The number of hydrogen-bond donors (Lipinski definition) is 1. The number of nitrogens with one attached hydrogen (secondary N) is 1. The first kappa shape index (κ1) is 15.3. The van der Waals surface area contributed by atoms with E-state index >= 15 is 0 Å². The third kappa shape index (κ3) is 4.18. The third-order valence-electron chi connectivity index (χ3n) is 3.71. The van der Waals surface area contributed by atoms with E-state index in [0.717, 1.165) is 31.5 Å². The molecule has 1 amide bonds. The summed E-state index contributed by atoms with van der Waals surface area (Å²) in [6, 6.07) is 4.94. The van der Waals surface area contributed by atoms with Gasteiger partial charge in [-0.2, -0.15) is 0 Å². The zero-order valence-electron chi connectivity index (χ0n) is 12.3. The molecule has 0 bridgehead atoms. The van der Waals surface area contributed by atoms with Gasteiger partial charge in [-0.3, -0.25) is 14.9 Å². The van der Waals surface area contributed by atoms with Crippen LogP contribution in [0.3, 0.4) is 0 Å². The van der Waals surface area contributed by atoms with Gasteiger partial charge in [-0.05, 0) is 37.8 Å². The lowest BCUT2D eigenvalue weighted by molar-refractivity contribution is -0.384. The van der Waals surface area contributed by atoms with Crippen LogP contribution in [0, 0.1) is 17.0 Å². The largest absolute Gasteiger partial charge is 0.379 e. The Morgan fingerprint density at radius 3 is 2.71 bits per heavy atom. The van der Waals surface area contributed by atoms with Crippen LogP contribution in [0.1, 0.15) is 31.2 Å². The SMILES string of the molecule is Cc1ccc([N+](=O)[O-])c(NCCC(=O)N2CCCCC2)c1. The van der Waals surface area contributed by atoms with Gasteiger partial charge in [0.05, 0.1) is 4.92 Å². The van der Waals surface area contributed by atoms with Crippen molar-refractivity contribution in [1.82, 2.24) is 4.90 Å². The van der Waals surface area contributed by atoms with Crippen molar-refractivity contribution in [2.75, 3.05) is 25.0 Å². The fourth-order valence-corrected chi connectivity index (χ4v) is 2.56. The molecule has 2 rings (SSSR count). The number of piperidine rings is 1. The van der Waals surface area contributed by atoms with Gasteiger partial charge >= 0.3 is 0 Å². The predicted molar refractivity (Wildman–Crippen MR) is 81.4 cm³/mol. The van der Waals surface area contributed by atoms with Crippen molar-refractivity contribution in [3.05, 3.63) is 33.9 Å². The van der Waals surface area contributed by atoms with Crippen molar-refractivity contribution in [2.24, 2.45) is 0 Å². The summed E-state index contributed by atoms with van der Waals surface area (Å²) in [5, 5.41) is 14.0. The lowest BCUT2D eigenvalue weighted by atomic mass is 10.1. The van der Waals surface area contributed by atoms with Gasteiger partial charge in [0, 0.05) is 32.1 Å². The average molecular weight is 291 g/mol. The van der Waals surface area contributed by atoms with E-state index < -0.39 is 4.92 Å². The Kier molecular flexibility index (Phi) is 5.14. The smallest absolute Gasteiger partial charge is 0.292 e. The van der Waals surface area contributed by atoms with Gasteiger partial charge in [-0.25, -0.2) is 0 Å². The minimum Gasteiger partial charge on any atom is -0.379 e. The van der Waals surface area contributed by atoms with Crippen LogP contribution < -0.4 is 5.32 Å². The van der Waals surface area contributed by atoms with Gasteiger partial charge in [0.15, 0.2) is 0 Å². The highest BCUT2D eigenvalue weighted by Crippen LogP contribution is 2.25. The van der Waals surface area contributed by atoms with E-state index in [1.54, 1.807) is 12.1 Å². The summed E-state index contributed by atoms with van der Waals surface area (Å²) >= 11 is 0. The molecule has 0 spiro atoms. The van der Waals surface area contributed by atoms with Crippen molar-refractivity contribution in [3.8, 4) is 0 Å².